The van der Waals surface area contributed by atoms with Gasteiger partial charge in [0.05, 0.1) is 29.4 Å². The summed E-state index contributed by atoms with van der Waals surface area (Å²) in [4.78, 5) is 31.4. The molecule has 0 radical (unpaired) electrons. The first-order chi connectivity index (χ1) is 18.8. The third-order valence-electron chi connectivity index (χ3n) is 5.57. The van der Waals surface area contributed by atoms with Gasteiger partial charge in [0.15, 0.2) is 16.7 Å². The summed E-state index contributed by atoms with van der Waals surface area (Å²) in [7, 11) is 1.67. The largest absolute Gasteiger partial charge is 0.490 e. The van der Waals surface area contributed by atoms with Gasteiger partial charge in [-0.3, -0.25) is 9.69 Å². The van der Waals surface area contributed by atoms with E-state index >= 15 is 0 Å². The molecule has 0 atom stereocenters. The van der Waals surface area contributed by atoms with Crippen LogP contribution in [0, 0.1) is 0 Å². The Labute approximate surface area is 241 Å². The average Bonchev–Trinajstić information content (AvgIpc) is 3.17. The first kappa shape index (κ1) is 28.5. The van der Waals surface area contributed by atoms with Crippen molar-refractivity contribution in [3.8, 4) is 11.5 Å². The molecule has 0 aliphatic carbocycles. The number of esters is 1. The lowest BCUT2D eigenvalue weighted by Gasteiger charge is -2.13. The number of benzene rings is 3. The minimum atomic E-state index is -0.388. The van der Waals surface area contributed by atoms with E-state index in [1.54, 1.807) is 62.5 Å². The predicted octanol–water partition coefficient (Wildman–Crippen LogP) is 7.38. The van der Waals surface area contributed by atoms with E-state index in [9.17, 15) is 9.59 Å². The van der Waals surface area contributed by atoms with Gasteiger partial charge in [-0.25, -0.2) is 9.79 Å². The van der Waals surface area contributed by atoms with Gasteiger partial charge < -0.3 is 14.2 Å². The molecule has 0 N–H and O–H groups in total. The van der Waals surface area contributed by atoms with Crippen LogP contribution in [0.5, 0.6) is 11.5 Å². The Balaban J connectivity index is 1.51. The molecule has 1 aliphatic heterocycles. The molecule has 1 aliphatic rings. The minimum absolute atomic E-state index is 0.169. The van der Waals surface area contributed by atoms with Crippen molar-refractivity contribution >= 4 is 63.8 Å². The molecule has 10 heteroatoms. The maximum atomic E-state index is 12.9. The second kappa shape index (κ2) is 13.1. The fraction of sp³-hybridized carbons (Fsp3) is 0.207. The third kappa shape index (κ3) is 7.15. The Morgan fingerprint density at radius 1 is 0.974 bits per heavy atom. The highest BCUT2D eigenvalue weighted by Gasteiger charge is 2.30. The van der Waals surface area contributed by atoms with Crippen molar-refractivity contribution in [1.82, 2.24) is 4.90 Å². The molecule has 3 aromatic rings. The lowest BCUT2D eigenvalue weighted by atomic mass is 10.1. The Hall–Kier alpha value is -3.46. The number of carbonyl (C=O) groups is 2. The quantitative estimate of drug-likeness (QED) is 0.193. The first-order valence-corrected chi connectivity index (χ1v) is 13.7. The van der Waals surface area contributed by atoms with Crippen molar-refractivity contribution in [2.75, 3.05) is 20.3 Å². The van der Waals surface area contributed by atoms with Crippen molar-refractivity contribution in [1.29, 1.82) is 0 Å². The molecule has 4 rings (SSSR count). The Bertz CT molecular complexity index is 1440. The molecular formula is C29H26Cl2N2O5S. The van der Waals surface area contributed by atoms with Crippen molar-refractivity contribution in [2.24, 2.45) is 4.99 Å². The lowest BCUT2D eigenvalue weighted by molar-refractivity contribution is -0.121. The monoisotopic (exact) mass is 584 g/mol. The number of carbonyl (C=O) groups excluding carboxylic acids is 2. The fourth-order valence-electron chi connectivity index (χ4n) is 3.60. The number of halogens is 2. The van der Waals surface area contributed by atoms with E-state index in [4.69, 9.17) is 37.4 Å². The van der Waals surface area contributed by atoms with Gasteiger partial charge in [-0.05, 0) is 85.8 Å². The van der Waals surface area contributed by atoms with Gasteiger partial charge in [0.2, 0.25) is 0 Å². The number of rotatable bonds is 9. The zero-order valence-electron chi connectivity index (χ0n) is 21.6. The molecule has 1 heterocycles. The molecule has 0 saturated carbocycles. The molecule has 202 valence electrons. The summed E-state index contributed by atoms with van der Waals surface area (Å²) in [6.45, 7) is 4.64. The molecule has 3 aromatic carbocycles. The van der Waals surface area contributed by atoms with Gasteiger partial charge in [0, 0.05) is 22.7 Å². The van der Waals surface area contributed by atoms with E-state index < -0.39 is 0 Å². The number of likely N-dealkylation sites (N-methyl/N-ethyl adjacent to an activating group) is 1. The minimum Gasteiger partial charge on any atom is -0.490 e. The van der Waals surface area contributed by atoms with Crippen LogP contribution in [-0.2, 0) is 16.1 Å². The summed E-state index contributed by atoms with van der Waals surface area (Å²) < 4.78 is 16.8. The SMILES string of the molecule is CCOC(=O)c1ccc(N=C2S/C(=C\c3ccc(OCc4ccc(Cl)cc4Cl)c(OCC)c3)C(=O)N2C)cc1. The molecule has 1 fully saturated rings. The van der Waals surface area contributed by atoms with Crippen molar-refractivity contribution in [2.45, 2.75) is 20.5 Å². The van der Waals surface area contributed by atoms with E-state index in [0.29, 0.717) is 56.1 Å². The standard InChI is InChI=1S/C29H26Cl2N2O5S/c1-4-36-25-14-18(6-13-24(25)38-17-20-7-10-21(30)16-23(20)31)15-26-27(34)33(3)29(39-26)32-22-11-8-19(9-12-22)28(35)37-5-2/h6-16H,4-5,17H2,1-3H3/b26-15-,32-29?. The number of amides is 1. The van der Waals surface area contributed by atoms with Gasteiger partial charge in [-0.2, -0.15) is 0 Å². The topological polar surface area (TPSA) is 77.4 Å². The summed E-state index contributed by atoms with van der Waals surface area (Å²) in [5, 5.41) is 1.61. The number of ether oxygens (including phenoxy) is 3. The zero-order valence-corrected chi connectivity index (χ0v) is 23.9. The summed E-state index contributed by atoms with van der Waals surface area (Å²) in [5.41, 5.74) is 2.64. The van der Waals surface area contributed by atoms with Crippen LogP contribution < -0.4 is 9.47 Å². The lowest BCUT2D eigenvalue weighted by Crippen LogP contribution is -2.23. The van der Waals surface area contributed by atoms with Crippen LogP contribution >= 0.6 is 35.0 Å². The molecule has 0 unspecified atom stereocenters. The van der Waals surface area contributed by atoms with Crippen LogP contribution in [0.3, 0.4) is 0 Å². The number of hydrogen-bond acceptors (Lipinski definition) is 7. The summed E-state index contributed by atoms with van der Waals surface area (Å²) in [5.74, 6) is 0.552. The zero-order chi connectivity index (χ0) is 27.9. The van der Waals surface area contributed by atoms with Crippen molar-refractivity contribution in [3.05, 3.63) is 92.3 Å². The molecule has 39 heavy (non-hydrogen) atoms. The third-order valence-corrected chi connectivity index (χ3v) is 7.22. The molecule has 0 bridgehead atoms. The summed E-state index contributed by atoms with van der Waals surface area (Å²) in [6, 6.07) is 17.4. The smallest absolute Gasteiger partial charge is 0.338 e. The normalized spacial score (nSPS) is 15.2. The first-order valence-electron chi connectivity index (χ1n) is 12.2. The molecule has 0 aromatic heterocycles. The van der Waals surface area contributed by atoms with Crippen LogP contribution in [-0.4, -0.2) is 42.2 Å². The Morgan fingerprint density at radius 3 is 2.44 bits per heavy atom. The molecule has 7 nitrogen and oxygen atoms in total. The maximum absolute atomic E-state index is 12.9. The van der Waals surface area contributed by atoms with Gasteiger partial charge >= 0.3 is 5.97 Å². The van der Waals surface area contributed by atoms with Crippen LogP contribution in [0.4, 0.5) is 5.69 Å². The Kier molecular flexibility index (Phi) is 9.56. The molecular weight excluding hydrogens is 559 g/mol. The van der Waals surface area contributed by atoms with Crippen LogP contribution in [0.2, 0.25) is 10.0 Å². The van der Waals surface area contributed by atoms with Gasteiger partial charge in [0.25, 0.3) is 5.91 Å². The van der Waals surface area contributed by atoms with E-state index in [1.165, 1.54) is 16.7 Å². The van der Waals surface area contributed by atoms with Crippen molar-refractivity contribution in [3.63, 3.8) is 0 Å². The predicted molar refractivity (Wildman–Crippen MR) is 156 cm³/mol. The van der Waals surface area contributed by atoms with Crippen LogP contribution in [0.25, 0.3) is 6.08 Å². The van der Waals surface area contributed by atoms with Crippen LogP contribution in [0.15, 0.2) is 70.6 Å². The van der Waals surface area contributed by atoms with Gasteiger partial charge in [-0.15, -0.1) is 0 Å². The highest BCUT2D eigenvalue weighted by Crippen LogP contribution is 2.36. The fourth-order valence-corrected chi connectivity index (χ4v) is 5.05. The number of aliphatic imine (C=N–C) groups is 1. The average molecular weight is 586 g/mol. The van der Waals surface area contributed by atoms with Gasteiger partial charge in [-0.1, -0.05) is 35.3 Å². The second-order valence-electron chi connectivity index (χ2n) is 8.30. The van der Waals surface area contributed by atoms with E-state index in [0.717, 1.165) is 11.1 Å². The number of amidine groups is 1. The number of hydrogen-bond donors (Lipinski definition) is 0. The maximum Gasteiger partial charge on any atom is 0.338 e. The van der Waals surface area contributed by atoms with E-state index in [-0.39, 0.29) is 18.5 Å². The summed E-state index contributed by atoms with van der Waals surface area (Å²) in [6.07, 6.45) is 1.79. The second-order valence-corrected chi connectivity index (χ2v) is 10.2. The van der Waals surface area contributed by atoms with Crippen LogP contribution in [0.1, 0.15) is 35.3 Å². The van der Waals surface area contributed by atoms with E-state index in [2.05, 4.69) is 4.99 Å². The van der Waals surface area contributed by atoms with Crippen molar-refractivity contribution < 1.29 is 23.8 Å². The molecule has 1 amide bonds. The number of thioether (sulfide) groups is 1. The highest BCUT2D eigenvalue weighted by atomic mass is 35.5. The number of nitrogens with zero attached hydrogens (tertiary/aromatic N) is 2. The summed E-state index contributed by atoms with van der Waals surface area (Å²) >= 11 is 13.5. The van der Waals surface area contributed by atoms with Gasteiger partial charge in [0.1, 0.15) is 6.61 Å². The Morgan fingerprint density at radius 2 is 1.74 bits per heavy atom. The molecule has 0 spiro atoms. The molecule has 1 saturated heterocycles. The van der Waals surface area contributed by atoms with E-state index in [1.807, 2.05) is 25.1 Å². The highest BCUT2D eigenvalue weighted by molar-refractivity contribution is 8.18.